The second kappa shape index (κ2) is 10.9. The van der Waals surface area contributed by atoms with Crippen LogP contribution in [-0.2, 0) is 14.8 Å². The Morgan fingerprint density at radius 1 is 1.00 bits per heavy atom. The smallest absolute Gasteiger partial charge is 0.263 e. The van der Waals surface area contributed by atoms with Crippen LogP contribution in [0, 0.1) is 0 Å². The van der Waals surface area contributed by atoms with Gasteiger partial charge in [0.15, 0.2) is 0 Å². The Balaban J connectivity index is 1.29. The van der Waals surface area contributed by atoms with E-state index < -0.39 is 10.0 Å². The molecule has 1 aliphatic heterocycles. The molecule has 8 heteroatoms. The van der Waals surface area contributed by atoms with Gasteiger partial charge in [0, 0.05) is 32.1 Å². The van der Waals surface area contributed by atoms with Gasteiger partial charge in [0.05, 0.1) is 11.5 Å². The Hall–Kier alpha value is -2.87. The molecule has 166 valence electrons. The summed E-state index contributed by atoms with van der Waals surface area (Å²) < 4.78 is 32.3. The highest BCUT2D eigenvalue weighted by molar-refractivity contribution is 7.90. The summed E-state index contributed by atoms with van der Waals surface area (Å²) in [6.45, 7) is 1.76. The predicted molar refractivity (Wildman–Crippen MR) is 121 cm³/mol. The number of para-hydroxylation sites is 1. The van der Waals surface area contributed by atoms with Crippen molar-refractivity contribution in [1.82, 2.24) is 9.62 Å². The third-order valence-corrected chi connectivity index (χ3v) is 6.45. The fraction of sp³-hybridized carbons (Fsp3) is 0.391. The molecule has 0 unspecified atom stereocenters. The van der Waals surface area contributed by atoms with Crippen LogP contribution in [0.2, 0.25) is 0 Å². The number of hydrogen-bond donors (Lipinski definition) is 1. The second-order valence-corrected chi connectivity index (χ2v) is 9.12. The molecule has 0 fully saturated rings. The summed E-state index contributed by atoms with van der Waals surface area (Å²) in [4.78, 5) is 18.7. The summed E-state index contributed by atoms with van der Waals surface area (Å²) >= 11 is 0. The van der Waals surface area contributed by atoms with Gasteiger partial charge in [0.25, 0.3) is 10.0 Å². The minimum atomic E-state index is -3.49. The van der Waals surface area contributed by atoms with E-state index in [4.69, 9.17) is 4.74 Å². The Bertz CT molecular complexity index is 1010. The van der Waals surface area contributed by atoms with Crippen LogP contribution in [0.1, 0.15) is 37.7 Å². The normalized spacial score (nSPS) is 15.3. The van der Waals surface area contributed by atoms with Crippen molar-refractivity contribution in [3.63, 3.8) is 0 Å². The van der Waals surface area contributed by atoms with E-state index in [1.54, 1.807) is 29.2 Å². The molecule has 1 amide bonds. The lowest BCUT2D eigenvalue weighted by molar-refractivity contribution is -0.130. The van der Waals surface area contributed by atoms with Crippen LogP contribution < -0.4 is 9.46 Å². The van der Waals surface area contributed by atoms with Gasteiger partial charge in [0.1, 0.15) is 11.6 Å². The lowest BCUT2D eigenvalue weighted by atomic mass is 10.1. The molecule has 0 spiro atoms. The first kappa shape index (κ1) is 22.8. The number of benzene rings is 2. The SMILES string of the molecule is CN(CCCOc1ccccc1)C(=O)CCCCCN=C1NS(=O)(=O)c2ccccc21. The summed E-state index contributed by atoms with van der Waals surface area (Å²) in [6, 6.07) is 16.5. The first-order valence-electron chi connectivity index (χ1n) is 10.6. The molecule has 2 aromatic carbocycles. The summed E-state index contributed by atoms with van der Waals surface area (Å²) in [7, 11) is -1.67. The number of carbonyl (C=O) groups excluding carboxylic acids is 1. The highest BCUT2D eigenvalue weighted by Crippen LogP contribution is 2.22. The molecule has 1 aliphatic rings. The van der Waals surface area contributed by atoms with Gasteiger partial charge in [-0.25, -0.2) is 8.42 Å². The minimum absolute atomic E-state index is 0.128. The summed E-state index contributed by atoms with van der Waals surface area (Å²) in [6.07, 6.45) is 3.74. The van der Waals surface area contributed by atoms with Crippen LogP contribution in [0.15, 0.2) is 64.5 Å². The molecule has 2 aromatic rings. The monoisotopic (exact) mass is 443 g/mol. The summed E-state index contributed by atoms with van der Waals surface area (Å²) in [5, 5.41) is 0. The van der Waals surface area contributed by atoms with E-state index in [0.717, 1.165) is 31.4 Å². The number of rotatable bonds is 11. The molecular weight excluding hydrogens is 414 g/mol. The second-order valence-electron chi connectivity index (χ2n) is 7.47. The number of amides is 1. The number of amidine groups is 1. The zero-order valence-corrected chi connectivity index (χ0v) is 18.6. The Morgan fingerprint density at radius 2 is 1.74 bits per heavy atom. The number of nitrogens with one attached hydrogen (secondary N) is 1. The fourth-order valence-electron chi connectivity index (χ4n) is 3.33. The van der Waals surface area contributed by atoms with Crippen LogP contribution in [0.5, 0.6) is 5.75 Å². The summed E-state index contributed by atoms with van der Waals surface area (Å²) in [5.74, 6) is 1.38. The molecule has 0 bridgehead atoms. The highest BCUT2D eigenvalue weighted by atomic mass is 32.2. The first-order chi connectivity index (χ1) is 15.0. The van der Waals surface area contributed by atoms with Crippen molar-refractivity contribution >= 4 is 21.8 Å². The van der Waals surface area contributed by atoms with Gasteiger partial charge in [-0.3, -0.25) is 14.5 Å². The maximum Gasteiger partial charge on any atom is 0.263 e. The number of fused-ring (bicyclic) bond motifs is 1. The highest BCUT2D eigenvalue weighted by Gasteiger charge is 2.29. The van der Waals surface area contributed by atoms with Crippen LogP contribution in [-0.4, -0.2) is 51.8 Å². The van der Waals surface area contributed by atoms with E-state index in [2.05, 4.69) is 9.71 Å². The van der Waals surface area contributed by atoms with Crippen molar-refractivity contribution in [2.24, 2.45) is 4.99 Å². The third kappa shape index (κ3) is 6.55. The number of nitrogens with zero attached hydrogens (tertiary/aromatic N) is 2. The van der Waals surface area contributed by atoms with Crippen LogP contribution in [0.25, 0.3) is 0 Å². The maximum absolute atomic E-state index is 12.2. The molecule has 0 radical (unpaired) electrons. The lowest BCUT2D eigenvalue weighted by Gasteiger charge is -2.17. The molecule has 1 heterocycles. The van der Waals surface area contributed by atoms with E-state index in [1.807, 2.05) is 37.4 Å². The largest absolute Gasteiger partial charge is 0.494 e. The van der Waals surface area contributed by atoms with Crippen molar-refractivity contribution in [3.05, 3.63) is 60.2 Å². The quantitative estimate of drug-likeness (QED) is 0.540. The van der Waals surface area contributed by atoms with Gasteiger partial charge in [-0.2, -0.15) is 0 Å². The summed E-state index contributed by atoms with van der Waals surface area (Å²) in [5.41, 5.74) is 0.621. The zero-order valence-electron chi connectivity index (χ0n) is 17.8. The van der Waals surface area contributed by atoms with Crippen molar-refractivity contribution in [2.45, 2.75) is 37.0 Å². The Kier molecular flexibility index (Phi) is 8.06. The molecule has 0 saturated heterocycles. The zero-order chi connectivity index (χ0) is 22.1. The van der Waals surface area contributed by atoms with Crippen molar-refractivity contribution in [2.75, 3.05) is 26.7 Å². The molecule has 0 saturated carbocycles. The number of sulfonamides is 1. The molecule has 0 atom stereocenters. The average molecular weight is 444 g/mol. The molecule has 31 heavy (non-hydrogen) atoms. The molecular formula is C23H29N3O4S. The molecule has 1 N–H and O–H groups in total. The Morgan fingerprint density at radius 3 is 2.55 bits per heavy atom. The number of aliphatic imine (C=N–C) groups is 1. The van der Waals surface area contributed by atoms with E-state index in [0.29, 0.717) is 37.5 Å². The minimum Gasteiger partial charge on any atom is -0.494 e. The van der Waals surface area contributed by atoms with Gasteiger partial charge < -0.3 is 9.64 Å². The van der Waals surface area contributed by atoms with Gasteiger partial charge >= 0.3 is 0 Å². The lowest BCUT2D eigenvalue weighted by Crippen LogP contribution is -2.28. The Labute approximate surface area is 184 Å². The standard InChI is InChI=1S/C23H29N3O4S/c1-26(17-10-18-30-19-11-4-2-5-12-19)22(27)15-6-3-9-16-24-23-20-13-7-8-14-21(20)31(28,29)25-23/h2,4-5,7-8,11-14H,3,6,9-10,15-18H2,1H3,(H,24,25). The van der Waals surface area contributed by atoms with Crippen molar-refractivity contribution in [1.29, 1.82) is 0 Å². The van der Waals surface area contributed by atoms with Gasteiger partial charge in [-0.1, -0.05) is 36.8 Å². The van der Waals surface area contributed by atoms with E-state index in [-0.39, 0.29) is 10.8 Å². The third-order valence-electron chi connectivity index (χ3n) is 5.06. The number of carbonyl (C=O) groups is 1. The van der Waals surface area contributed by atoms with Crippen molar-refractivity contribution < 1.29 is 17.9 Å². The van der Waals surface area contributed by atoms with E-state index in [9.17, 15) is 13.2 Å². The number of ether oxygens (including phenoxy) is 1. The van der Waals surface area contributed by atoms with Crippen LogP contribution in [0.4, 0.5) is 0 Å². The van der Waals surface area contributed by atoms with E-state index >= 15 is 0 Å². The fourth-order valence-corrected chi connectivity index (χ4v) is 4.58. The van der Waals surface area contributed by atoms with Gasteiger partial charge in [0.2, 0.25) is 5.91 Å². The first-order valence-corrected chi connectivity index (χ1v) is 12.0. The van der Waals surface area contributed by atoms with Gasteiger partial charge in [-0.15, -0.1) is 0 Å². The number of unbranched alkanes of at least 4 members (excludes halogenated alkanes) is 2. The van der Waals surface area contributed by atoms with E-state index in [1.165, 1.54) is 0 Å². The topological polar surface area (TPSA) is 88.1 Å². The molecule has 0 aromatic heterocycles. The van der Waals surface area contributed by atoms with Crippen LogP contribution >= 0.6 is 0 Å². The molecule has 0 aliphatic carbocycles. The molecule has 7 nitrogen and oxygen atoms in total. The maximum atomic E-state index is 12.2. The molecule has 3 rings (SSSR count). The van der Waals surface area contributed by atoms with Crippen molar-refractivity contribution in [3.8, 4) is 5.75 Å². The predicted octanol–water partition coefficient (Wildman–Crippen LogP) is 3.21. The van der Waals surface area contributed by atoms with Gasteiger partial charge in [-0.05, 0) is 43.5 Å². The average Bonchev–Trinajstić information content (AvgIpc) is 3.04. The number of hydrogen-bond acceptors (Lipinski definition) is 5. The van der Waals surface area contributed by atoms with Crippen LogP contribution in [0.3, 0.4) is 0 Å².